The number of aromatic amines is 1. The molecule has 1 aromatic heterocycles. The minimum Gasteiger partial charge on any atom is -0.329 e. The van der Waals surface area contributed by atoms with Crippen LogP contribution in [0.15, 0.2) is 35.3 Å². The molecule has 116 valence electrons. The van der Waals surface area contributed by atoms with Crippen molar-refractivity contribution in [1.29, 1.82) is 0 Å². The van der Waals surface area contributed by atoms with Gasteiger partial charge in [-0.3, -0.25) is 9.59 Å². The molecular weight excluding hydrogens is 278 g/mol. The number of rotatable bonds is 6. The maximum atomic E-state index is 12.5. The summed E-state index contributed by atoms with van der Waals surface area (Å²) < 4.78 is 0. The fourth-order valence-electron chi connectivity index (χ4n) is 2.88. The highest BCUT2D eigenvalue weighted by Gasteiger charge is 2.35. The Morgan fingerprint density at radius 2 is 2.18 bits per heavy atom. The standard InChI is InChI=1S/C17H21N3O2/c1-18-8-7-15(11-2-3-11)17(22)20-13-4-5-14-12(10-13)6-9-19-16(14)21/h4-6,9-11,15,18H,2-3,7-8H2,1H3,(H,19,21)(H,20,22). The van der Waals surface area contributed by atoms with Crippen molar-refractivity contribution in [3.63, 3.8) is 0 Å². The summed E-state index contributed by atoms with van der Waals surface area (Å²) in [5.74, 6) is 0.681. The Labute approximate surface area is 129 Å². The largest absolute Gasteiger partial charge is 0.329 e. The average Bonchev–Trinajstić information content (AvgIpc) is 3.32. The van der Waals surface area contributed by atoms with E-state index in [1.54, 1.807) is 18.3 Å². The van der Waals surface area contributed by atoms with Crippen LogP contribution in [0.2, 0.25) is 0 Å². The summed E-state index contributed by atoms with van der Waals surface area (Å²) in [4.78, 5) is 26.8. The summed E-state index contributed by atoms with van der Waals surface area (Å²) >= 11 is 0. The minimum atomic E-state index is -0.111. The van der Waals surface area contributed by atoms with Gasteiger partial charge in [-0.1, -0.05) is 0 Å². The van der Waals surface area contributed by atoms with E-state index in [1.807, 2.05) is 19.2 Å². The zero-order valence-corrected chi connectivity index (χ0v) is 12.7. The number of anilines is 1. The van der Waals surface area contributed by atoms with Crippen LogP contribution in [-0.2, 0) is 4.79 Å². The summed E-state index contributed by atoms with van der Waals surface area (Å²) in [7, 11) is 1.91. The van der Waals surface area contributed by atoms with Gasteiger partial charge in [0.15, 0.2) is 0 Å². The number of pyridine rings is 1. The predicted octanol–water partition coefficient (Wildman–Crippen LogP) is 2.10. The van der Waals surface area contributed by atoms with Crippen LogP contribution in [0, 0.1) is 11.8 Å². The van der Waals surface area contributed by atoms with Gasteiger partial charge in [0.1, 0.15) is 0 Å². The van der Waals surface area contributed by atoms with Crippen molar-refractivity contribution in [1.82, 2.24) is 10.3 Å². The number of aromatic nitrogens is 1. The first-order chi connectivity index (χ1) is 10.7. The van der Waals surface area contributed by atoms with Crippen molar-refractivity contribution in [3.8, 4) is 0 Å². The van der Waals surface area contributed by atoms with Crippen molar-refractivity contribution < 1.29 is 4.79 Å². The molecule has 5 heteroatoms. The van der Waals surface area contributed by atoms with Crippen LogP contribution in [0.1, 0.15) is 19.3 Å². The second-order valence-electron chi connectivity index (χ2n) is 5.93. The van der Waals surface area contributed by atoms with Gasteiger partial charge in [0.25, 0.3) is 5.56 Å². The van der Waals surface area contributed by atoms with Crippen LogP contribution in [0.4, 0.5) is 5.69 Å². The lowest BCUT2D eigenvalue weighted by molar-refractivity contribution is -0.120. The summed E-state index contributed by atoms with van der Waals surface area (Å²) in [6.45, 7) is 0.849. The van der Waals surface area contributed by atoms with Gasteiger partial charge in [0.05, 0.1) is 0 Å². The molecule has 1 aliphatic carbocycles. The molecule has 1 fully saturated rings. The van der Waals surface area contributed by atoms with Gasteiger partial charge in [-0.05, 0) is 68.4 Å². The van der Waals surface area contributed by atoms with Gasteiger partial charge in [-0.15, -0.1) is 0 Å². The molecule has 0 radical (unpaired) electrons. The van der Waals surface area contributed by atoms with Crippen LogP contribution in [0.25, 0.3) is 10.8 Å². The van der Waals surface area contributed by atoms with Gasteiger partial charge >= 0.3 is 0 Å². The van der Waals surface area contributed by atoms with E-state index >= 15 is 0 Å². The van der Waals surface area contributed by atoms with E-state index in [4.69, 9.17) is 0 Å². The Morgan fingerprint density at radius 1 is 1.36 bits per heavy atom. The van der Waals surface area contributed by atoms with Gasteiger partial charge in [0, 0.05) is 23.2 Å². The van der Waals surface area contributed by atoms with Gasteiger partial charge in [-0.2, -0.15) is 0 Å². The molecule has 1 atom stereocenters. The Morgan fingerprint density at radius 3 is 2.91 bits per heavy atom. The van der Waals surface area contributed by atoms with Crippen LogP contribution < -0.4 is 16.2 Å². The highest BCUT2D eigenvalue weighted by Crippen LogP contribution is 2.39. The van der Waals surface area contributed by atoms with Crippen molar-refractivity contribution in [3.05, 3.63) is 40.8 Å². The molecular formula is C17H21N3O2. The van der Waals surface area contributed by atoms with Crippen LogP contribution in [-0.4, -0.2) is 24.5 Å². The SMILES string of the molecule is CNCCC(C(=O)Nc1ccc2c(=O)[nH]ccc2c1)C1CC1. The van der Waals surface area contributed by atoms with Gasteiger partial charge in [0.2, 0.25) is 5.91 Å². The molecule has 1 aliphatic rings. The van der Waals surface area contributed by atoms with Crippen LogP contribution >= 0.6 is 0 Å². The quantitative estimate of drug-likeness (QED) is 0.765. The number of fused-ring (bicyclic) bond motifs is 1. The monoisotopic (exact) mass is 299 g/mol. The zero-order chi connectivity index (χ0) is 15.5. The molecule has 0 saturated heterocycles. The van der Waals surface area contributed by atoms with E-state index in [1.165, 1.54) is 0 Å². The van der Waals surface area contributed by atoms with E-state index in [9.17, 15) is 9.59 Å². The Kier molecular flexibility index (Phi) is 4.24. The van der Waals surface area contributed by atoms with Gasteiger partial charge < -0.3 is 15.6 Å². The van der Waals surface area contributed by atoms with E-state index in [0.29, 0.717) is 11.3 Å². The fraction of sp³-hybridized carbons (Fsp3) is 0.412. The van der Waals surface area contributed by atoms with Crippen molar-refractivity contribution in [2.45, 2.75) is 19.3 Å². The normalized spacial score (nSPS) is 15.7. The van der Waals surface area contributed by atoms with Crippen molar-refractivity contribution in [2.24, 2.45) is 11.8 Å². The molecule has 0 spiro atoms. The smallest absolute Gasteiger partial charge is 0.255 e. The predicted molar refractivity (Wildman–Crippen MR) is 88.0 cm³/mol. The third-order valence-electron chi connectivity index (χ3n) is 4.27. The summed E-state index contributed by atoms with van der Waals surface area (Å²) in [6, 6.07) is 7.23. The molecule has 1 saturated carbocycles. The first-order valence-electron chi connectivity index (χ1n) is 7.76. The van der Waals surface area contributed by atoms with E-state index < -0.39 is 0 Å². The van der Waals surface area contributed by atoms with Crippen molar-refractivity contribution in [2.75, 3.05) is 18.9 Å². The summed E-state index contributed by atoms with van der Waals surface area (Å²) in [5, 5.41) is 7.58. The third kappa shape index (κ3) is 3.20. The summed E-state index contributed by atoms with van der Waals surface area (Å²) in [5.41, 5.74) is 0.637. The lowest BCUT2D eigenvalue weighted by Gasteiger charge is -2.16. The number of carbonyl (C=O) groups is 1. The van der Waals surface area contributed by atoms with E-state index in [2.05, 4.69) is 15.6 Å². The average molecular weight is 299 g/mol. The molecule has 2 aromatic rings. The van der Waals surface area contributed by atoms with Crippen molar-refractivity contribution >= 4 is 22.4 Å². The molecule has 5 nitrogen and oxygen atoms in total. The number of amides is 1. The van der Waals surface area contributed by atoms with Crippen LogP contribution in [0.3, 0.4) is 0 Å². The number of nitrogens with one attached hydrogen (secondary N) is 3. The Hall–Kier alpha value is -2.14. The maximum absolute atomic E-state index is 12.5. The molecule has 1 aromatic carbocycles. The Balaban J connectivity index is 1.76. The number of carbonyl (C=O) groups excluding carboxylic acids is 1. The van der Waals surface area contributed by atoms with Gasteiger partial charge in [-0.25, -0.2) is 0 Å². The molecule has 0 bridgehead atoms. The van der Waals surface area contributed by atoms with E-state index in [-0.39, 0.29) is 17.4 Å². The molecule has 3 N–H and O–H groups in total. The molecule has 1 amide bonds. The number of H-pyrrole nitrogens is 1. The number of hydrogen-bond acceptors (Lipinski definition) is 3. The summed E-state index contributed by atoms with van der Waals surface area (Å²) in [6.07, 6.45) is 4.78. The third-order valence-corrected chi connectivity index (χ3v) is 4.27. The highest BCUT2D eigenvalue weighted by molar-refractivity contribution is 5.95. The molecule has 22 heavy (non-hydrogen) atoms. The molecule has 3 rings (SSSR count). The van der Waals surface area contributed by atoms with Crippen LogP contribution in [0.5, 0.6) is 0 Å². The number of benzene rings is 1. The first kappa shape index (κ1) is 14.8. The second kappa shape index (κ2) is 6.32. The maximum Gasteiger partial charge on any atom is 0.255 e. The molecule has 1 heterocycles. The lowest BCUT2D eigenvalue weighted by Crippen LogP contribution is -2.27. The number of hydrogen-bond donors (Lipinski definition) is 3. The zero-order valence-electron chi connectivity index (χ0n) is 12.7. The second-order valence-corrected chi connectivity index (χ2v) is 5.93. The molecule has 1 unspecified atom stereocenters. The lowest BCUT2D eigenvalue weighted by atomic mass is 9.98. The highest BCUT2D eigenvalue weighted by atomic mass is 16.2. The minimum absolute atomic E-state index is 0.0716. The fourth-order valence-corrected chi connectivity index (χ4v) is 2.88. The van der Waals surface area contributed by atoms with E-state index in [0.717, 1.165) is 36.9 Å². The first-order valence-corrected chi connectivity index (χ1v) is 7.76. The topological polar surface area (TPSA) is 74.0 Å². The molecule has 0 aliphatic heterocycles. The Bertz CT molecular complexity index is 734.